The molecule has 3 heterocycles. The van der Waals surface area contributed by atoms with E-state index in [0.29, 0.717) is 27.9 Å². The molecule has 0 aliphatic carbocycles. The van der Waals surface area contributed by atoms with Gasteiger partial charge in [0.1, 0.15) is 23.7 Å². The van der Waals surface area contributed by atoms with Crippen molar-refractivity contribution in [2.75, 3.05) is 0 Å². The van der Waals surface area contributed by atoms with Crippen LogP contribution in [0.4, 0.5) is 0 Å². The van der Waals surface area contributed by atoms with Crippen LogP contribution in [0.25, 0.3) is 22.9 Å². The first kappa shape index (κ1) is 21.8. The fourth-order valence-corrected chi connectivity index (χ4v) is 3.57. The van der Waals surface area contributed by atoms with Gasteiger partial charge in [0.2, 0.25) is 0 Å². The standard InChI is InChI=1S/C22H16ClN5OS.Na/c23-16-9-10-27-13-19(24-20(27)11-16)21-25-26-22(30)28(21)17-7-4-8-18(12-17)29-14-15-5-2-1-3-6-15;/h1-13H,14H2,(H,26,30);/q;+1/p-1. The summed E-state index contributed by atoms with van der Waals surface area (Å²) >= 11 is 11.5. The van der Waals surface area contributed by atoms with Crippen molar-refractivity contribution in [2.24, 2.45) is 0 Å². The molecule has 2 aromatic carbocycles. The van der Waals surface area contributed by atoms with Crippen molar-refractivity contribution in [3.63, 3.8) is 0 Å². The minimum atomic E-state index is 0. The minimum Gasteiger partial charge on any atom is -0.489 e. The van der Waals surface area contributed by atoms with E-state index in [4.69, 9.17) is 28.6 Å². The van der Waals surface area contributed by atoms with Gasteiger partial charge in [-0.3, -0.25) is 5.10 Å². The summed E-state index contributed by atoms with van der Waals surface area (Å²) < 4.78 is 9.97. The zero-order valence-corrected chi connectivity index (χ0v) is 20.2. The molecule has 0 saturated carbocycles. The predicted molar refractivity (Wildman–Crippen MR) is 118 cm³/mol. The van der Waals surface area contributed by atoms with Gasteiger partial charge in [0.25, 0.3) is 0 Å². The molecule has 0 fully saturated rings. The quantitative estimate of drug-likeness (QED) is 0.300. The number of nitrogens with zero attached hydrogens (tertiary/aromatic N) is 5. The van der Waals surface area contributed by atoms with Crippen molar-refractivity contribution in [1.29, 1.82) is 0 Å². The number of benzene rings is 2. The molecule has 0 N–H and O–H groups in total. The molecule has 31 heavy (non-hydrogen) atoms. The van der Waals surface area contributed by atoms with Crippen LogP contribution in [-0.2, 0) is 6.61 Å². The molecule has 6 nitrogen and oxygen atoms in total. The number of halogens is 1. The SMILES string of the molecule is S=c1[n-]nc(-c2cn3ccc(Cl)cc3n2)n1-c1cccc(OCc2ccccc2)c1.[Na+]. The van der Waals surface area contributed by atoms with Gasteiger partial charge in [-0.25, -0.2) is 4.98 Å². The summed E-state index contributed by atoms with van der Waals surface area (Å²) in [7, 11) is 0. The van der Waals surface area contributed by atoms with Gasteiger partial charge in [-0.15, -0.1) is 0 Å². The minimum absolute atomic E-state index is 0. The average molecular weight is 456 g/mol. The van der Waals surface area contributed by atoms with Gasteiger partial charge in [0, 0.05) is 28.3 Å². The summed E-state index contributed by atoms with van der Waals surface area (Å²) in [5.41, 5.74) is 3.27. The Morgan fingerprint density at radius 2 is 1.87 bits per heavy atom. The Labute approximate surface area is 210 Å². The number of pyridine rings is 1. The van der Waals surface area contributed by atoms with Gasteiger partial charge in [0.15, 0.2) is 0 Å². The first-order valence-corrected chi connectivity index (χ1v) is 10.0. The molecule has 0 unspecified atom stereocenters. The summed E-state index contributed by atoms with van der Waals surface area (Å²) in [6.07, 6.45) is 3.72. The molecule has 0 spiro atoms. The number of fused-ring (bicyclic) bond motifs is 1. The second-order valence-corrected chi connectivity index (χ2v) is 7.45. The Balaban J connectivity index is 0.00000231. The van der Waals surface area contributed by atoms with Crippen LogP contribution in [0.3, 0.4) is 0 Å². The van der Waals surface area contributed by atoms with E-state index in [1.165, 1.54) is 0 Å². The summed E-state index contributed by atoms with van der Waals surface area (Å²) in [6, 6.07) is 21.3. The van der Waals surface area contributed by atoms with Crippen molar-refractivity contribution in [3.05, 3.63) is 94.5 Å². The van der Waals surface area contributed by atoms with E-state index in [1.54, 1.807) is 16.7 Å². The predicted octanol–water partition coefficient (Wildman–Crippen LogP) is 2.11. The van der Waals surface area contributed by atoms with Crippen LogP contribution in [0, 0.1) is 4.77 Å². The van der Waals surface area contributed by atoms with Gasteiger partial charge >= 0.3 is 29.6 Å². The van der Waals surface area contributed by atoms with E-state index in [2.05, 4.69) is 15.2 Å². The molecule has 5 rings (SSSR count). The fraction of sp³-hybridized carbons (Fsp3) is 0.0455. The van der Waals surface area contributed by atoms with Crippen LogP contribution in [-0.4, -0.2) is 19.1 Å². The summed E-state index contributed by atoms with van der Waals surface area (Å²) in [5, 5.41) is 8.97. The molecule has 5 aromatic rings. The van der Waals surface area contributed by atoms with E-state index in [1.807, 2.05) is 71.4 Å². The molecule has 0 aliphatic rings. The van der Waals surface area contributed by atoms with Crippen molar-refractivity contribution in [1.82, 2.24) is 24.1 Å². The topological polar surface area (TPSA) is 58.5 Å². The maximum Gasteiger partial charge on any atom is 1.00 e. The molecule has 0 aliphatic heterocycles. The number of rotatable bonds is 5. The van der Waals surface area contributed by atoms with Crippen LogP contribution >= 0.6 is 23.8 Å². The van der Waals surface area contributed by atoms with E-state index in [-0.39, 0.29) is 29.6 Å². The maximum absolute atomic E-state index is 6.08. The van der Waals surface area contributed by atoms with Crippen LogP contribution in [0.2, 0.25) is 5.02 Å². The summed E-state index contributed by atoms with van der Waals surface area (Å²) in [4.78, 5) is 4.62. The third kappa shape index (κ3) is 4.61. The second kappa shape index (κ2) is 9.38. The average Bonchev–Trinajstić information content (AvgIpc) is 3.36. The molecule has 148 valence electrons. The third-order valence-corrected chi connectivity index (χ3v) is 5.11. The largest absolute Gasteiger partial charge is 1.00 e. The Morgan fingerprint density at radius 1 is 1.03 bits per heavy atom. The molecule has 0 saturated heterocycles. The van der Waals surface area contributed by atoms with Crippen LogP contribution in [0.1, 0.15) is 5.56 Å². The van der Waals surface area contributed by atoms with Crippen LogP contribution in [0.5, 0.6) is 5.75 Å². The van der Waals surface area contributed by atoms with Gasteiger partial charge in [-0.1, -0.05) is 66.3 Å². The zero-order chi connectivity index (χ0) is 20.5. The zero-order valence-electron chi connectivity index (χ0n) is 16.6. The molecule has 3 aromatic heterocycles. The number of hydrogen-bond acceptors (Lipinski definition) is 4. The Bertz CT molecular complexity index is 1400. The molecule has 0 atom stereocenters. The van der Waals surface area contributed by atoms with Crippen molar-refractivity contribution in [3.8, 4) is 23.0 Å². The summed E-state index contributed by atoms with van der Waals surface area (Å²) in [5.74, 6) is 1.28. The van der Waals surface area contributed by atoms with Crippen molar-refractivity contribution in [2.45, 2.75) is 6.61 Å². The van der Waals surface area contributed by atoms with Gasteiger partial charge in [-0.05, 0) is 29.4 Å². The molecular weight excluding hydrogens is 441 g/mol. The monoisotopic (exact) mass is 455 g/mol. The molecular formula is C22H15ClN5NaOS. The van der Waals surface area contributed by atoms with E-state index < -0.39 is 0 Å². The van der Waals surface area contributed by atoms with Gasteiger partial charge in [0.05, 0.1) is 5.82 Å². The third-order valence-electron chi connectivity index (χ3n) is 4.61. The van der Waals surface area contributed by atoms with E-state index in [0.717, 1.165) is 22.6 Å². The van der Waals surface area contributed by atoms with Gasteiger partial charge in [-0.2, -0.15) is 0 Å². The van der Waals surface area contributed by atoms with E-state index >= 15 is 0 Å². The number of imidazole rings is 1. The molecule has 9 heteroatoms. The van der Waals surface area contributed by atoms with E-state index in [9.17, 15) is 0 Å². The van der Waals surface area contributed by atoms with Crippen LogP contribution in [0.15, 0.2) is 79.1 Å². The Hall–Kier alpha value is -2.42. The first-order chi connectivity index (χ1) is 14.7. The van der Waals surface area contributed by atoms with Gasteiger partial charge < -0.3 is 18.8 Å². The molecule has 0 bridgehead atoms. The maximum atomic E-state index is 6.08. The molecule has 0 radical (unpaired) electrons. The van der Waals surface area contributed by atoms with Crippen LogP contribution < -0.4 is 39.4 Å². The smallest absolute Gasteiger partial charge is 0.489 e. The molecule has 0 amide bonds. The fourth-order valence-electron chi connectivity index (χ4n) is 3.19. The number of ether oxygens (including phenoxy) is 1. The first-order valence-electron chi connectivity index (χ1n) is 9.21. The Kier molecular flexibility index (Phi) is 6.60. The Morgan fingerprint density at radius 3 is 2.71 bits per heavy atom. The normalized spacial score (nSPS) is 10.7. The number of aromatic nitrogens is 5. The van der Waals surface area contributed by atoms with Crippen molar-refractivity contribution < 1.29 is 34.3 Å². The second-order valence-electron chi connectivity index (χ2n) is 6.65. The summed E-state index contributed by atoms with van der Waals surface area (Å²) in [6.45, 7) is 0.479. The number of hydrogen-bond donors (Lipinski definition) is 0. The van der Waals surface area contributed by atoms with Crippen molar-refractivity contribution >= 4 is 29.5 Å².